The van der Waals surface area contributed by atoms with Crippen LogP contribution in [0.15, 0.2) is 6.07 Å². The van der Waals surface area contributed by atoms with E-state index in [1.54, 1.807) is 6.07 Å². The number of rotatable bonds is 3. The lowest BCUT2D eigenvalue weighted by Crippen LogP contribution is -2.44. The van der Waals surface area contributed by atoms with Gasteiger partial charge in [0.25, 0.3) is 5.91 Å². The zero-order valence-corrected chi connectivity index (χ0v) is 11.8. The van der Waals surface area contributed by atoms with E-state index < -0.39 is 0 Å². The van der Waals surface area contributed by atoms with Crippen molar-refractivity contribution in [1.29, 1.82) is 0 Å². The van der Waals surface area contributed by atoms with E-state index in [1.165, 1.54) is 30.6 Å². The molecule has 1 saturated heterocycles. The maximum atomic E-state index is 12.0. The summed E-state index contributed by atoms with van der Waals surface area (Å²) < 4.78 is 0. The monoisotopic (exact) mass is 267 g/mol. The largest absolute Gasteiger partial charge is 0.398 e. The second kappa shape index (κ2) is 5.71. The summed E-state index contributed by atoms with van der Waals surface area (Å²) in [4.78, 5) is 16.0. The lowest BCUT2D eigenvalue weighted by atomic mass is 10.0. The zero-order chi connectivity index (χ0) is 13.1. The molecule has 0 aromatic carbocycles. The molecule has 1 amide bonds. The molecule has 1 aromatic rings. The van der Waals surface area contributed by atoms with Crippen LogP contribution in [0, 0.1) is 6.92 Å². The first kappa shape index (κ1) is 13.4. The molecule has 5 heteroatoms. The van der Waals surface area contributed by atoms with Gasteiger partial charge < -0.3 is 16.0 Å². The standard InChI is InChI=1S/C13H21N3OS/c1-9-11(14)7-12(18-9)13(17)15-8-10-5-3-4-6-16(10)2/h7,10H,3-6,8,14H2,1-2H3,(H,15,17). The van der Waals surface area contributed by atoms with E-state index >= 15 is 0 Å². The van der Waals surface area contributed by atoms with Crippen molar-refractivity contribution in [3.63, 3.8) is 0 Å². The molecule has 1 aliphatic heterocycles. The Kier molecular flexibility index (Phi) is 4.24. The third kappa shape index (κ3) is 3.03. The third-order valence-corrected chi connectivity index (χ3v) is 4.66. The van der Waals surface area contributed by atoms with E-state index in [-0.39, 0.29) is 5.91 Å². The molecule has 0 saturated carbocycles. The number of carbonyl (C=O) groups is 1. The molecular formula is C13H21N3OS. The van der Waals surface area contributed by atoms with Crippen molar-refractivity contribution in [3.05, 3.63) is 15.8 Å². The van der Waals surface area contributed by atoms with Crippen molar-refractivity contribution >= 4 is 22.9 Å². The summed E-state index contributed by atoms with van der Waals surface area (Å²) in [7, 11) is 2.13. The Labute approximate surface area is 112 Å². The van der Waals surface area contributed by atoms with Crippen LogP contribution in [0.3, 0.4) is 0 Å². The number of likely N-dealkylation sites (N-methyl/N-ethyl adjacent to an activating group) is 1. The predicted molar refractivity (Wildman–Crippen MR) is 76.1 cm³/mol. The molecule has 2 rings (SSSR count). The Balaban J connectivity index is 1.88. The van der Waals surface area contributed by atoms with Gasteiger partial charge in [0.05, 0.1) is 4.88 Å². The van der Waals surface area contributed by atoms with Gasteiger partial charge in [0, 0.05) is 23.2 Å². The van der Waals surface area contributed by atoms with Crippen molar-refractivity contribution in [2.24, 2.45) is 0 Å². The fourth-order valence-electron chi connectivity index (χ4n) is 2.31. The number of hydrogen-bond acceptors (Lipinski definition) is 4. The highest BCUT2D eigenvalue weighted by molar-refractivity contribution is 7.14. The van der Waals surface area contributed by atoms with Gasteiger partial charge in [-0.3, -0.25) is 4.79 Å². The topological polar surface area (TPSA) is 58.4 Å². The van der Waals surface area contributed by atoms with Gasteiger partial charge in [0.15, 0.2) is 0 Å². The molecule has 4 nitrogen and oxygen atoms in total. The number of amides is 1. The van der Waals surface area contributed by atoms with Crippen LogP contribution in [-0.2, 0) is 0 Å². The number of likely N-dealkylation sites (tertiary alicyclic amines) is 1. The lowest BCUT2D eigenvalue weighted by molar-refractivity contribution is 0.0932. The molecule has 2 heterocycles. The molecule has 0 spiro atoms. The Morgan fingerprint density at radius 2 is 2.39 bits per heavy atom. The number of nitrogens with two attached hydrogens (primary N) is 1. The minimum Gasteiger partial charge on any atom is -0.398 e. The first-order valence-electron chi connectivity index (χ1n) is 6.42. The lowest BCUT2D eigenvalue weighted by Gasteiger charge is -2.32. The van der Waals surface area contributed by atoms with E-state index in [0.717, 1.165) is 18.0 Å². The molecule has 1 aromatic heterocycles. The van der Waals surface area contributed by atoms with Crippen molar-refractivity contribution < 1.29 is 4.79 Å². The number of anilines is 1. The number of nitrogens with one attached hydrogen (secondary N) is 1. The van der Waals surface area contributed by atoms with E-state index in [2.05, 4.69) is 17.3 Å². The average Bonchev–Trinajstić information content (AvgIpc) is 2.68. The van der Waals surface area contributed by atoms with Crippen molar-refractivity contribution in [2.75, 3.05) is 25.9 Å². The number of carbonyl (C=O) groups excluding carboxylic acids is 1. The van der Waals surface area contributed by atoms with Crippen LogP contribution in [0.1, 0.15) is 33.8 Å². The molecule has 1 unspecified atom stereocenters. The van der Waals surface area contributed by atoms with Gasteiger partial charge in [-0.1, -0.05) is 6.42 Å². The number of nitrogen functional groups attached to an aromatic ring is 1. The number of hydrogen-bond donors (Lipinski definition) is 2. The Bertz CT molecular complexity index is 410. The van der Waals surface area contributed by atoms with Crippen molar-refractivity contribution in [1.82, 2.24) is 10.2 Å². The van der Waals surface area contributed by atoms with Gasteiger partial charge in [-0.05, 0) is 39.4 Å². The van der Waals surface area contributed by atoms with Crippen LogP contribution in [0.25, 0.3) is 0 Å². The van der Waals surface area contributed by atoms with Crippen molar-refractivity contribution in [2.45, 2.75) is 32.2 Å². The molecule has 18 heavy (non-hydrogen) atoms. The van der Waals surface area contributed by atoms with Crippen LogP contribution in [0.2, 0.25) is 0 Å². The molecule has 0 aliphatic carbocycles. The van der Waals surface area contributed by atoms with Gasteiger partial charge in [0.1, 0.15) is 0 Å². The summed E-state index contributed by atoms with van der Waals surface area (Å²) in [5.74, 6) is -0.00114. The molecule has 1 fully saturated rings. The van der Waals surface area contributed by atoms with E-state index in [1.807, 2.05) is 6.92 Å². The number of nitrogens with zero attached hydrogens (tertiary/aromatic N) is 1. The van der Waals surface area contributed by atoms with E-state index in [9.17, 15) is 4.79 Å². The van der Waals surface area contributed by atoms with Gasteiger partial charge in [-0.15, -0.1) is 11.3 Å². The van der Waals surface area contributed by atoms with Crippen LogP contribution in [0.5, 0.6) is 0 Å². The van der Waals surface area contributed by atoms with E-state index in [4.69, 9.17) is 5.73 Å². The number of aryl methyl sites for hydroxylation is 1. The molecular weight excluding hydrogens is 246 g/mol. The maximum Gasteiger partial charge on any atom is 0.261 e. The fraction of sp³-hybridized carbons (Fsp3) is 0.615. The quantitative estimate of drug-likeness (QED) is 0.878. The minimum atomic E-state index is -0.00114. The first-order valence-corrected chi connectivity index (χ1v) is 7.24. The predicted octanol–water partition coefficient (Wildman–Crippen LogP) is 1.85. The van der Waals surface area contributed by atoms with Crippen LogP contribution in [-0.4, -0.2) is 37.0 Å². The summed E-state index contributed by atoms with van der Waals surface area (Å²) in [5, 5.41) is 3.01. The zero-order valence-electron chi connectivity index (χ0n) is 11.0. The van der Waals surface area contributed by atoms with Gasteiger partial charge in [0.2, 0.25) is 0 Å². The summed E-state index contributed by atoms with van der Waals surface area (Å²) >= 11 is 1.46. The van der Waals surface area contributed by atoms with Crippen LogP contribution >= 0.6 is 11.3 Å². The summed E-state index contributed by atoms with van der Waals surface area (Å²) in [5.41, 5.74) is 6.47. The normalized spacial score (nSPS) is 20.9. The summed E-state index contributed by atoms with van der Waals surface area (Å²) in [6.45, 7) is 3.80. The molecule has 3 N–H and O–H groups in total. The fourth-order valence-corrected chi connectivity index (χ4v) is 3.17. The molecule has 1 atom stereocenters. The Hall–Kier alpha value is -1.07. The number of piperidine rings is 1. The Morgan fingerprint density at radius 1 is 1.61 bits per heavy atom. The smallest absolute Gasteiger partial charge is 0.261 e. The first-order chi connectivity index (χ1) is 8.58. The van der Waals surface area contributed by atoms with Gasteiger partial charge in [-0.25, -0.2) is 0 Å². The summed E-state index contributed by atoms with van der Waals surface area (Å²) in [6, 6.07) is 2.24. The molecule has 0 bridgehead atoms. The maximum absolute atomic E-state index is 12.0. The van der Waals surface area contributed by atoms with Crippen LogP contribution in [0.4, 0.5) is 5.69 Å². The number of thiophene rings is 1. The molecule has 1 aliphatic rings. The Morgan fingerprint density at radius 3 is 3.00 bits per heavy atom. The second-order valence-corrected chi connectivity index (χ2v) is 6.22. The van der Waals surface area contributed by atoms with Gasteiger partial charge in [-0.2, -0.15) is 0 Å². The average molecular weight is 267 g/mol. The highest BCUT2D eigenvalue weighted by Crippen LogP contribution is 2.23. The third-order valence-electron chi connectivity index (χ3n) is 3.60. The van der Waals surface area contributed by atoms with Crippen LogP contribution < -0.4 is 11.1 Å². The van der Waals surface area contributed by atoms with Gasteiger partial charge >= 0.3 is 0 Å². The highest BCUT2D eigenvalue weighted by Gasteiger charge is 2.20. The molecule has 0 radical (unpaired) electrons. The summed E-state index contributed by atoms with van der Waals surface area (Å²) in [6.07, 6.45) is 3.69. The SMILES string of the molecule is Cc1sc(C(=O)NCC2CCCCN2C)cc1N. The molecule has 100 valence electrons. The second-order valence-electron chi connectivity index (χ2n) is 4.96. The van der Waals surface area contributed by atoms with Crippen molar-refractivity contribution in [3.8, 4) is 0 Å². The highest BCUT2D eigenvalue weighted by atomic mass is 32.1. The minimum absolute atomic E-state index is 0.00114. The van der Waals surface area contributed by atoms with E-state index in [0.29, 0.717) is 16.6 Å².